The fourth-order valence-electron chi connectivity index (χ4n) is 6.69. The van der Waals surface area contributed by atoms with E-state index in [0.29, 0.717) is 17.3 Å². The molecule has 48 heavy (non-hydrogen) atoms. The molecule has 0 fully saturated rings. The van der Waals surface area contributed by atoms with Crippen molar-refractivity contribution in [1.29, 1.82) is 0 Å². The van der Waals surface area contributed by atoms with E-state index in [0.717, 1.165) is 44.5 Å². The van der Waals surface area contributed by atoms with Gasteiger partial charge in [-0.15, -0.1) is 29.8 Å². The Kier molecular flexibility index (Phi) is 9.41. The summed E-state index contributed by atoms with van der Waals surface area (Å²) in [6.45, 7) is 13.4. The van der Waals surface area contributed by atoms with Crippen LogP contribution in [0.1, 0.15) is 76.0 Å². The summed E-state index contributed by atoms with van der Waals surface area (Å²) < 4.78 is 2.26. The Morgan fingerprint density at radius 2 is 1.33 bits per heavy atom. The van der Waals surface area contributed by atoms with Crippen LogP contribution in [0.2, 0.25) is 0 Å². The molecule has 0 saturated heterocycles. The summed E-state index contributed by atoms with van der Waals surface area (Å²) in [6.07, 6.45) is 1.89. The summed E-state index contributed by atoms with van der Waals surface area (Å²) in [5.74, 6) is 1.95. The maximum atomic E-state index is 11.1. The van der Waals surface area contributed by atoms with E-state index in [4.69, 9.17) is 9.97 Å². The normalized spacial score (nSPS) is 11.6. The van der Waals surface area contributed by atoms with Crippen LogP contribution >= 0.6 is 0 Å². The van der Waals surface area contributed by atoms with Crippen molar-refractivity contribution in [3.05, 3.63) is 132 Å². The Balaban J connectivity index is 0.00000401. The van der Waals surface area contributed by atoms with Crippen LogP contribution in [0.15, 0.2) is 109 Å². The summed E-state index contributed by atoms with van der Waals surface area (Å²) in [5, 5.41) is 13.4. The minimum Gasteiger partial charge on any atom is -0.507 e. The second kappa shape index (κ2) is 13.5. The van der Waals surface area contributed by atoms with E-state index in [1.807, 2.05) is 24.4 Å². The van der Waals surface area contributed by atoms with Gasteiger partial charge in [0.25, 0.3) is 0 Å². The van der Waals surface area contributed by atoms with Crippen molar-refractivity contribution < 1.29 is 26.2 Å². The average molecular weight is 810 g/mol. The molecule has 0 spiro atoms. The molecular formula is C43H40N3OPt-. The van der Waals surface area contributed by atoms with E-state index >= 15 is 0 Å². The molecule has 1 N–H and O–H groups in total. The molecule has 0 bridgehead atoms. The van der Waals surface area contributed by atoms with Crippen molar-refractivity contribution in [3.8, 4) is 45.2 Å². The van der Waals surface area contributed by atoms with Gasteiger partial charge in [0.05, 0.1) is 22.3 Å². The van der Waals surface area contributed by atoms with Gasteiger partial charge in [0.1, 0.15) is 11.6 Å². The predicted octanol–water partition coefficient (Wildman–Crippen LogP) is 11.4. The van der Waals surface area contributed by atoms with E-state index < -0.39 is 0 Å². The van der Waals surface area contributed by atoms with Crippen molar-refractivity contribution in [2.75, 3.05) is 0 Å². The van der Waals surface area contributed by atoms with Crippen molar-refractivity contribution in [2.45, 2.75) is 59.3 Å². The molecule has 0 aliphatic carbocycles. The largest absolute Gasteiger partial charge is 0.507 e. The van der Waals surface area contributed by atoms with Crippen LogP contribution in [0.3, 0.4) is 0 Å². The smallest absolute Gasteiger partial charge is 0.148 e. The van der Waals surface area contributed by atoms with Crippen LogP contribution in [0.5, 0.6) is 5.75 Å². The van der Waals surface area contributed by atoms with Crippen LogP contribution in [0.25, 0.3) is 61.3 Å². The van der Waals surface area contributed by atoms with Gasteiger partial charge in [-0.1, -0.05) is 113 Å². The van der Waals surface area contributed by atoms with E-state index in [-0.39, 0.29) is 38.7 Å². The van der Waals surface area contributed by atoms with Crippen LogP contribution in [-0.2, 0) is 21.1 Å². The number of rotatable bonds is 7. The molecule has 0 atom stereocenters. The number of imidazole rings is 1. The van der Waals surface area contributed by atoms with Crippen LogP contribution in [0.4, 0.5) is 0 Å². The summed E-state index contributed by atoms with van der Waals surface area (Å²) in [4.78, 5) is 10.2. The fourth-order valence-corrected chi connectivity index (χ4v) is 6.69. The first-order valence-electron chi connectivity index (χ1n) is 16.6. The number of para-hydroxylation sites is 3. The molecule has 7 rings (SSSR count). The maximum absolute atomic E-state index is 11.1. The van der Waals surface area contributed by atoms with Gasteiger partial charge in [-0.2, -0.15) is 0 Å². The zero-order chi connectivity index (χ0) is 32.8. The molecule has 5 aromatic carbocycles. The molecule has 0 saturated carbocycles. The molecule has 0 aliphatic heterocycles. The third kappa shape index (κ3) is 5.88. The summed E-state index contributed by atoms with van der Waals surface area (Å²) in [7, 11) is 0. The zero-order valence-corrected chi connectivity index (χ0v) is 30.5. The van der Waals surface area contributed by atoms with Gasteiger partial charge in [0.15, 0.2) is 0 Å². The van der Waals surface area contributed by atoms with Gasteiger partial charge < -0.3 is 5.11 Å². The minimum atomic E-state index is 0. The Hall–Kier alpha value is -4.53. The quantitative estimate of drug-likeness (QED) is 0.163. The average Bonchev–Trinajstić information content (AvgIpc) is 3.46. The number of aromatic hydroxyl groups is 1. The van der Waals surface area contributed by atoms with Crippen molar-refractivity contribution in [2.24, 2.45) is 0 Å². The van der Waals surface area contributed by atoms with E-state index in [9.17, 15) is 5.11 Å². The number of benzene rings is 5. The number of nitrogens with zero attached hydrogens (tertiary/aromatic N) is 3. The van der Waals surface area contributed by atoms with Gasteiger partial charge in [-0.25, -0.2) is 4.98 Å². The molecular weight excluding hydrogens is 770 g/mol. The second-order valence-corrected chi connectivity index (χ2v) is 13.3. The molecule has 0 radical (unpaired) electrons. The Morgan fingerprint density at radius 3 is 2.04 bits per heavy atom. The second-order valence-electron chi connectivity index (χ2n) is 13.3. The molecule has 0 unspecified atom stereocenters. The van der Waals surface area contributed by atoms with Gasteiger partial charge in [-0.05, 0) is 69.5 Å². The van der Waals surface area contributed by atoms with Crippen molar-refractivity contribution >= 4 is 21.8 Å². The Morgan fingerprint density at radius 1 is 0.667 bits per heavy atom. The van der Waals surface area contributed by atoms with Crippen LogP contribution in [-0.4, -0.2) is 19.6 Å². The summed E-state index contributed by atoms with van der Waals surface area (Å²) >= 11 is 0. The first-order valence-corrected chi connectivity index (χ1v) is 16.6. The molecule has 0 aliphatic rings. The zero-order valence-electron chi connectivity index (χ0n) is 28.2. The topological polar surface area (TPSA) is 50.9 Å². The van der Waals surface area contributed by atoms with Crippen molar-refractivity contribution in [1.82, 2.24) is 14.5 Å². The third-order valence-electron chi connectivity index (χ3n) is 9.19. The Bertz CT molecular complexity index is 2240. The van der Waals surface area contributed by atoms with Gasteiger partial charge >= 0.3 is 0 Å². The van der Waals surface area contributed by atoms with Gasteiger partial charge in [0, 0.05) is 33.0 Å². The van der Waals surface area contributed by atoms with Gasteiger partial charge in [-0.3, -0.25) is 9.55 Å². The summed E-state index contributed by atoms with van der Waals surface area (Å²) in [5.41, 5.74) is 11.3. The van der Waals surface area contributed by atoms with E-state index in [1.165, 1.54) is 22.1 Å². The predicted molar refractivity (Wildman–Crippen MR) is 195 cm³/mol. The number of phenols is 1. The number of pyridine rings is 1. The fraction of sp³-hybridized carbons (Fsp3) is 0.209. The standard InChI is InChI=1S/C43H40N3O.Pt/c1-26(2)29-20-21-36-31(24-29)22-23-44-40(36)32-13-9-12-30(25-32)35-17-11-18-38-41(35)45-43(37-14-7-8-19-39(37)47)46(38)42-33(27(3)4)15-10-16-34(42)28(5)6;/h7-24,26-28,47H,1-6H3;/q-1;. The number of phenolic OH excluding ortho intramolecular Hbond substituents is 1. The molecule has 244 valence electrons. The molecule has 7 aromatic rings. The number of hydrogen-bond acceptors (Lipinski definition) is 3. The van der Waals surface area contributed by atoms with Gasteiger partial charge in [0.2, 0.25) is 0 Å². The third-order valence-corrected chi connectivity index (χ3v) is 9.19. The van der Waals surface area contributed by atoms with Crippen LogP contribution in [0, 0.1) is 6.07 Å². The Labute approximate surface area is 297 Å². The van der Waals surface area contributed by atoms with E-state index in [2.05, 4.69) is 131 Å². The first kappa shape index (κ1) is 33.4. The van der Waals surface area contributed by atoms with Crippen molar-refractivity contribution in [3.63, 3.8) is 0 Å². The summed E-state index contributed by atoms with van der Waals surface area (Å²) in [6, 6.07) is 39.2. The van der Waals surface area contributed by atoms with Crippen LogP contribution < -0.4 is 0 Å². The monoisotopic (exact) mass is 809 g/mol. The maximum Gasteiger partial charge on any atom is 0.148 e. The number of fused-ring (bicyclic) bond motifs is 2. The first-order chi connectivity index (χ1) is 22.7. The SMILES string of the molecule is CC(C)c1ccc2c(-c3[c-]c(-c4cccc5c4nc(-c4ccccc4O)n5-c4c(C(C)C)cccc4C(C)C)ccc3)nccc2c1.[Pt]. The molecule has 5 heteroatoms. The minimum absolute atomic E-state index is 0. The van der Waals surface area contributed by atoms with E-state index in [1.54, 1.807) is 6.07 Å². The number of aromatic nitrogens is 3. The molecule has 2 aromatic heterocycles. The molecule has 2 heterocycles. The number of hydrogen-bond donors (Lipinski definition) is 1. The molecule has 0 amide bonds. The molecule has 4 nitrogen and oxygen atoms in total.